The van der Waals surface area contributed by atoms with Crippen LogP contribution in [0.25, 0.3) is 0 Å². The molecular formula is C15H16Br2S2. The van der Waals surface area contributed by atoms with Crippen molar-refractivity contribution in [3.05, 3.63) is 41.7 Å². The third-order valence-electron chi connectivity index (χ3n) is 3.64. The number of hydrogen-bond acceptors (Lipinski definition) is 2. The number of fused-ring (bicyclic) bond motifs is 1. The Kier molecular flexibility index (Phi) is 4.52. The summed E-state index contributed by atoms with van der Waals surface area (Å²) in [7, 11) is 0. The molecule has 0 nitrogen and oxygen atoms in total. The number of rotatable bonds is 2. The first-order chi connectivity index (χ1) is 9.15. The summed E-state index contributed by atoms with van der Waals surface area (Å²) in [5, 5.41) is 0. The van der Waals surface area contributed by atoms with Gasteiger partial charge < -0.3 is 0 Å². The highest BCUT2D eigenvalue weighted by Gasteiger charge is 2.20. The highest BCUT2D eigenvalue weighted by Crippen LogP contribution is 2.43. The predicted molar refractivity (Wildman–Crippen MR) is 93.1 cm³/mol. The molecule has 0 radical (unpaired) electrons. The van der Waals surface area contributed by atoms with Crippen LogP contribution in [0, 0.1) is 6.92 Å². The van der Waals surface area contributed by atoms with Gasteiger partial charge in [0, 0.05) is 14.6 Å². The number of alkyl halides is 1. The molecule has 19 heavy (non-hydrogen) atoms. The van der Waals surface area contributed by atoms with E-state index in [0.29, 0.717) is 4.83 Å². The monoisotopic (exact) mass is 418 g/mol. The van der Waals surface area contributed by atoms with Gasteiger partial charge in [-0.3, -0.25) is 0 Å². The van der Waals surface area contributed by atoms with Crippen molar-refractivity contribution in [2.45, 2.75) is 43.9 Å². The molecule has 0 saturated carbocycles. The number of hydrogen-bond donors (Lipinski definition) is 0. The number of thiophene rings is 2. The molecule has 0 bridgehead atoms. The quantitative estimate of drug-likeness (QED) is 0.378. The smallest absolute Gasteiger partial charge is 0.0831 e. The molecule has 0 N–H and O–H groups in total. The fourth-order valence-corrected chi connectivity index (χ4v) is 6.29. The van der Waals surface area contributed by atoms with Crippen LogP contribution in [0.2, 0.25) is 0 Å². The van der Waals surface area contributed by atoms with Gasteiger partial charge in [0.2, 0.25) is 0 Å². The van der Waals surface area contributed by atoms with Crippen LogP contribution in [0.1, 0.15) is 49.8 Å². The molecule has 0 amide bonds. The Balaban J connectivity index is 1.89. The van der Waals surface area contributed by atoms with Crippen LogP contribution in [0.3, 0.4) is 0 Å². The number of aryl methyl sites for hydroxylation is 3. The minimum atomic E-state index is 0.361. The van der Waals surface area contributed by atoms with E-state index < -0.39 is 0 Å². The number of halogens is 2. The molecule has 1 aliphatic carbocycles. The van der Waals surface area contributed by atoms with E-state index in [2.05, 4.69) is 50.9 Å². The van der Waals surface area contributed by atoms with E-state index in [9.17, 15) is 0 Å². The standard InChI is InChI=1S/C15H16Br2S2/c1-9-7-12(19-15(9)17)14(16)13-8-10-5-3-2-4-6-11(10)18-13/h7-8,14H,2-6H2,1H3. The molecule has 0 aromatic carbocycles. The lowest BCUT2D eigenvalue weighted by Gasteiger charge is -2.04. The zero-order valence-corrected chi connectivity index (χ0v) is 15.6. The summed E-state index contributed by atoms with van der Waals surface area (Å²) >= 11 is 11.4. The first kappa shape index (κ1) is 14.3. The van der Waals surface area contributed by atoms with Crippen molar-refractivity contribution < 1.29 is 0 Å². The first-order valence-electron chi connectivity index (χ1n) is 6.66. The lowest BCUT2D eigenvalue weighted by atomic mass is 10.1. The van der Waals surface area contributed by atoms with E-state index in [1.807, 2.05) is 22.7 Å². The minimum absolute atomic E-state index is 0.361. The van der Waals surface area contributed by atoms with Gasteiger partial charge in [0.25, 0.3) is 0 Å². The third kappa shape index (κ3) is 3.02. The van der Waals surface area contributed by atoms with E-state index in [-0.39, 0.29) is 0 Å². The van der Waals surface area contributed by atoms with Gasteiger partial charge in [-0.25, -0.2) is 0 Å². The molecule has 2 aromatic heterocycles. The molecule has 2 aromatic rings. The fraction of sp³-hybridized carbons (Fsp3) is 0.467. The van der Waals surface area contributed by atoms with Gasteiger partial charge in [-0.05, 0) is 71.8 Å². The first-order valence-corrected chi connectivity index (χ1v) is 10.0. The predicted octanol–water partition coefficient (Wildman–Crippen LogP) is 6.63. The molecule has 102 valence electrons. The normalized spacial score (nSPS) is 17.0. The molecule has 1 aliphatic rings. The van der Waals surface area contributed by atoms with Gasteiger partial charge in [0.05, 0.1) is 8.61 Å². The van der Waals surface area contributed by atoms with Crippen LogP contribution in [-0.2, 0) is 12.8 Å². The van der Waals surface area contributed by atoms with Gasteiger partial charge in [0.15, 0.2) is 0 Å². The van der Waals surface area contributed by atoms with Crippen LogP contribution in [0.15, 0.2) is 15.9 Å². The lowest BCUT2D eigenvalue weighted by Crippen LogP contribution is -1.85. The van der Waals surface area contributed by atoms with Crippen LogP contribution in [0.5, 0.6) is 0 Å². The third-order valence-corrected chi connectivity index (χ3v) is 8.74. The summed E-state index contributed by atoms with van der Waals surface area (Å²) in [5.41, 5.74) is 2.94. The van der Waals surface area contributed by atoms with Crippen molar-refractivity contribution in [2.75, 3.05) is 0 Å². The summed E-state index contributed by atoms with van der Waals surface area (Å²) < 4.78 is 1.25. The lowest BCUT2D eigenvalue weighted by molar-refractivity contribution is 0.712. The SMILES string of the molecule is Cc1cc(C(Br)c2cc3c(s2)CCCCC3)sc1Br. The maximum Gasteiger partial charge on any atom is 0.0831 e. The van der Waals surface area contributed by atoms with Gasteiger partial charge in [-0.2, -0.15) is 0 Å². The second kappa shape index (κ2) is 6.00. The zero-order valence-electron chi connectivity index (χ0n) is 10.8. The Morgan fingerprint density at radius 2 is 1.79 bits per heavy atom. The molecule has 1 atom stereocenters. The highest BCUT2D eigenvalue weighted by atomic mass is 79.9. The Labute approximate surface area is 139 Å². The molecule has 0 aliphatic heterocycles. The Morgan fingerprint density at radius 1 is 1.05 bits per heavy atom. The maximum atomic E-state index is 3.89. The average Bonchev–Trinajstić information content (AvgIpc) is 2.87. The van der Waals surface area contributed by atoms with E-state index in [4.69, 9.17) is 0 Å². The van der Waals surface area contributed by atoms with E-state index in [0.717, 1.165) is 0 Å². The van der Waals surface area contributed by atoms with Crippen molar-refractivity contribution in [1.82, 2.24) is 0 Å². The average molecular weight is 420 g/mol. The Bertz CT molecular complexity index is 540. The Morgan fingerprint density at radius 3 is 2.53 bits per heavy atom. The van der Waals surface area contributed by atoms with Crippen molar-refractivity contribution in [2.24, 2.45) is 0 Å². The molecule has 0 fully saturated rings. The second-order valence-electron chi connectivity index (χ2n) is 5.13. The molecule has 1 unspecified atom stereocenters. The van der Waals surface area contributed by atoms with E-state index in [1.165, 1.54) is 51.2 Å². The highest BCUT2D eigenvalue weighted by molar-refractivity contribution is 9.11. The summed E-state index contributed by atoms with van der Waals surface area (Å²) in [6, 6.07) is 4.73. The Hall–Kier alpha value is 0.360. The topological polar surface area (TPSA) is 0 Å². The molecule has 2 heterocycles. The van der Waals surface area contributed by atoms with E-state index >= 15 is 0 Å². The van der Waals surface area contributed by atoms with Crippen molar-refractivity contribution in [3.63, 3.8) is 0 Å². The van der Waals surface area contributed by atoms with Gasteiger partial charge in [-0.1, -0.05) is 22.4 Å². The fourth-order valence-electron chi connectivity index (χ4n) is 2.56. The van der Waals surface area contributed by atoms with Crippen molar-refractivity contribution in [1.29, 1.82) is 0 Å². The van der Waals surface area contributed by atoms with Crippen LogP contribution in [-0.4, -0.2) is 0 Å². The van der Waals surface area contributed by atoms with E-state index in [1.54, 1.807) is 10.4 Å². The van der Waals surface area contributed by atoms with Gasteiger partial charge >= 0.3 is 0 Å². The van der Waals surface area contributed by atoms with Gasteiger partial charge in [-0.15, -0.1) is 22.7 Å². The maximum absolute atomic E-state index is 3.89. The minimum Gasteiger partial charge on any atom is -0.144 e. The zero-order chi connectivity index (χ0) is 13.4. The van der Waals surface area contributed by atoms with Crippen molar-refractivity contribution in [3.8, 4) is 0 Å². The summed E-state index contributed by atoms with van der Waals surface area (Å²) in [6.07, 6.45) is 6.68. The molecule has 0 spiro atoms. The second-order valence-corrected chi connectivity index (χ2v) is 9.61. The molecular weight excluding hydrogens is 404 g/mol. The van der Waals surface area contributed by atoms with Crippen molar-refractivity contribution >= 4 is 54.5 Å². The van der Waals surface area contributed by atoms with Crippen LogP contribution >= 0.6 is 54.5 Å². The summed E-state index contributed by atoms with van der Waals surface area (Å²) in [6.45, 7) is 2.16. The molecule has 3 rings (SSSR count). The summed E-state index contributed by atoms with van der Waals surface area (Å²) in [4.78, 5) is 4.87. The van der Waals surface area contributed by atoms with Crippen LogP contribution < -0.4 is 0 Å². The summed E-state index contributed by atoms with van der Waals surface area (Å²) in [5.74, 6) is 0. The van der Waals surface area contributed by atoms with Gasteiger partial charge in [0.1, 0.15) is 0 Å². The molecule has 0 saturated heterocycles. The largest absolute Gasteiger partial charge is 0.144 e. The molecule has 4 heteroatoms. The van der Waals surface area contributed by atoms with Crippen LogP contribution in [0.4, 0.5) is 0 Å².